The van der Waals surface area contributed by atoms with Gasteiger partial charge in [-0.15, -0.1) is 0 Å². The second-order valence-electron chi connectivity index (χ2n) is 5.86. The molecule has 1 heterocycles. The van der Waals surface area contributed by atoms with Crippen LogP contribution in [0.3, 0.4) is 0 Å². The van der Waals surface area contributed by atoms with E-state index in [1.807, 2.05) is 12.1 Å². The van der Waals surface area contributed by atoms with Crippen molar-refractivity contribution in [2.45, 2.75) is 51.2 Å². The Morgan fingerprint density at radius 3 is 2.71 bits per heavy atom. The molecule has 21 heavy (non-hydrogen) atoms. The number of fused-ring (bicyclic) bond motifs is 1. The van der Waals surface area contributed by atoms with E-state index in [0.29, 0.717) is 11.6 Å². The number of benzene rings is 1. The Hall–Kier alpha value is -1.07. The molecule has 1 aromatic rings. The Kier molecular flexibility index (Phi) is 4.22. The zero-order valence-corrected chi connectivity index (χ0v) is 13.8. The van der Waals surface area contributed by atoms with Crippen molar-refractivity contribution in [2.24, 2.45) is 0 Å². The molecule has 1 aromatic carbocycles. The number of aliphatic hydroxyl groups excluding tert-OH is 1. The highest BCUT2D eigenvalue weighted by Gasteiger charge is 2.31. The predicted octanol–water partition coefficient (Wildman–Crippen LogP) is 3.59. The van der Waals surface area contributed by atoms with E-state index >= 15 is 0 Å². The number of halogens is 1. The summed E-state index contributed by atoms with van der Waals surface area (Å²) >= 11 is 3.61. The van der Waals surface area contributed by atoms with Crippen molar-refractivity contribution in [2.75, 3.05) is 16.8 Å². The number of amides is 1. The summed E-state index contributed by atoms with van der Waals surface area (Å²) in [6, 6.07) is 4.44. The summed E-state index contributed by atoms with van der Waals surface area (Å²) < 4.78 is 0.948. The van der Waals surface area contributed by atoms with Gasteiger partial charge in [-0.3, -0.25) is 4.79 Å². The van der Waals surface area contributed by atoms with Gasteiger partial charge in [0.25, 0.3) is 5.91 Å². The molecule has 0 saturated heterocycles. The van der Waals surface area contributed by atoms with Crippen LogP contribution in [0.4, 0.5) is 11.4 Å². The maximum atomic E-state index is 11.6. The highest BCUT2D eigenvalue weighted by atomic mass is 79.9. The van der Waals surface area contributed by atoms with Crippen molar-refractivity contribution >= 4 is 33.2 Å². The van der Waals surface area contributed by atoms with Crippen LogP contribution in [0.5, 0.6) is 0 Å². The second-order valence-corrected chi connectivity index (χ2v) is 6.71. The molecule has 2 aliphatic rings. The van der Waals surface area contributed by atoms with Crippen LogP contribution in [-0.2, 0) is 4.79 Å². The molecule has 1 aliphatic heterocycles. The van der Waals surface area contributed by atoms with Crippen LogP contribution in [0.15, 0.2) is 16.6 Å². The molecule has 5 heteroatoms. The molecule has 3 rings (SSSR count). The fourth-order valence-corrected chi connectivity index (χ4v) is 4.08. The first-order valence-electron chi connectivity index (χ1n) is 7.70. The molecular weight excluding hydrogens is 332 g/mol. The van der Waals surface area contributed by atoms with E-state index in [-0.39, 0.29) is 5.91 Å². The molecule has 114 valence electrons. The first kappa shape index (κ1) is 14.9. The number of hydrogen-bond donors (Lipinski definition) is 2. The molecule has 1 saturated carbocycles. The van der Waals surface area contributed by atoms with Crippen LogP contribution in [0, 0.1) is 0 Å². The topological polar surface area (TPSA) is 52.6 Å². The van der Waals surface area contributed by atoms with E-state index in [4.69, 9.17) is 0 Å². The Bertz CT molecular complexity index is 555. The minimum atomic E-state index is -1.05. The lowest BCUT2D eigenvalue weighted by Crippen LogP contribution is -2.36. The zero-order valence-electron chi connectivity index (χ0n) is 12.2. The van der Waals surface area contributed by atoms with Crippen LogP contribution >= 0.6 is 15.9 Å². The van der Waals surface area contributed by atoms with E-state index in [1.165, 1.54) is 32.1 Å². The van der Waals surface area contributed by atoms with E-state index in [9.17, 15) is 9.90 Å². The lowest BCUT2D eigenvalue weighted by molar-refractivity contribution is -0.123. The van der Waals surface area contributed by atoms with Gasteiger partial charge in [-0.2, -0.15) is 0 Å². The first-order chi connectivity index (χ1) is 10.1. The monoisotopic (exact) mass is 352 g/mol. The van der Waals surface area contributed by atoms with Crippen molar-refractivity contribution < 1.29 is 9.90 Å². The number of hydrogen-bond acceptors (Lipinski definition) is 3. The average Bonchev–Trinajstić information content (AvgIpc) is 2.76. The van der Waals surface area contributed by atoms with Gasteiger partial charge in [-0.1, -0.05) is 19.3 Å². The number of anilines is 2. The molecule has 2 N–H and O–H groups in total. The smallest absolute Gasteiger partial charge is 0.257 e. The SMILES string of the molecule is CCN(c1cc2c(cc1Br)C(O)C(=O)N2)C1CCCCC1. The minimum Gasteiger partial charge on any atom is -0.378 e. The maximum absolute atomic E-state index is 11.6. The van der Waals surface area contributed by atoms with E-state index in [2.05, 4.69) is 33.1 Å². The molecule has 1 aliphatic carbocycles. The number of nitrogens with zero attached hydrogens (tertiary/aromatic N) is 1. The van der Waals surface area contributed by atoms with Crippen LogP contribution in [-0.4, -0.2) is 23.6 Å². The Morgan fingerprint density at radius 1 is 1.33 bits per heavy atom. The molecule has 0 radical (unpaired) electrons. The van der Waals surface area contributed by atoms with Crippen molar-refractivity contribution in [1.29, 1.82) is 0 Å². The quantitative estimate of drug-likeness (QED) is 0.873. The standard InChI is InChI=1S/C16H21BrN2O2/c1-2-19(10-6-4-3-5-7-10)14-9-13-11(8-12(14)17)15(20)16(21)18-13/h8-10,15,20H,2-7H2,1H3,(H,18,21). The molecule has 0 spiro atoms. The van der Waals surface area contributed by atoms with E-state index in [0.717, 1.165) is 22.4 Å². The summed E-state index contributed by atoms with van der Waals surface area (Å²) in [5.41, 5.74) is 2.51. The van der Waals surface area contributed by atoms with Crippen molar-refractivity contribution in [1.82, 2.24) is 0 Å². The Balaban J connectivity index is 1.94. The molecule has 1 amide bonds. The van der Waals surface area contributed by atoms with Gasteiger partial charge in [-0.05, 0) is 47.8 Å². The molecular formula is C16H21BrN2O2. The van der Waals surface area contributed by atoms with Gasteiger partial charge in [0, 0.05) is 28.3 Å². The molecule has 0 bridgehead atoms. The van der Waals surface area contributed by atoms with Gasteiger partial charge in [0.2, 0.25) is 0 Å². The average molecular weight is 353 g/mol. The van der Waals surface area contributed by atoms with Crippen molar-refractivity contribution in [3.8, 4) is 0 Å². The van der Waals surface area contributed by atoms with Gasteiger partial charge in [0.15, 0.2) is 6.10 Å². The summed E-state index contributed by atoms with van der Waals surface area (Å²) in [4.78, 5) is 14.0. The van der Waals surface area contributed by atoms with Gasteiger partial charge in [0.05, 0.1) is 5.69 Å². The summed E-state index contributed by atoms with van der Waals surface area (Å²) in [7, 11) is 0. The Labute approximate surface area is 133 Å². The zero-order chi connectivity index (χ0) is 15.0. The van der Waals surface area contributed by atoms with E-state index < -0.39 is 6.10 Å². The van der Waals surface area contributed by atoms with Crippen molar-refractivity contribution in [3.05, 3.63) is 22.2 Å². The fourth-order valence-electron chi connectivity index (χ4n) is 3.49. The fraction of sp³-hybridized carbons (Fsp3) is 0.562. The number of carbonyl (C=O) groups excluding carboxylic acids is 1. The summed E-state index contributed by atoms with van der Waals surface area (Å²) in [5.74, 6) is -0.338. The van der Waals surface area contributed by atoms with Crippen LogP contribution in [0.25, 0.3) is 0 Å². The summed E-state index contributed by atoms with van der Waals surface area (Å²) in [5, 5.41) is 12.6. The minimum absolute atomic E-state index is 0.338. The number of rotatable bonds is 3. The normalized spacial score (nSPS) is 22.0. The summed E-state index contributed by atoms with van der Waals surface area (Å²) in [6.45, 7) is 3.11. The molecule has 0 aromatic heterocycles. The Morgan fingerprint density at radius 2 is 2.05 bits per heavy atom. The first-order valence-corrected chi connectivity index (χ1v) is 8.50. The van der Waals surface area contributed by atoms with Gasteiger partial charge in [0.1, 0.15) is 0 Å². The van der Waals surface area contributed by atoms with Crippen LogP contribution in [0.2, 0.25) is 0 Å². The van der Waals surface area contributed by atoms with Crippen LogP contribution < -0.4 is 10.2 Å². The van der Waals surface area contributed by atoms with Gasteiger partial charge >= 0.3 is 0 Å². The lowest BCUT2D eigenvalue weighted by atomic mass is 9.93. The van der Waals surface area contributed by atoms with Gasteiger partial charge in [-0.25, -0.2) is 0 Å². The third-order valence-corrected chi connectivity index (χ3v) is 5.22. The van der Waals surface area contributed by atoms with Gasteiger partial charge < -0.3 is 15.3 Å². The molecule has 4 nitrogen and oxygen atoms in total. The largest absolute Gasteiger partial charge is 0.378 e. The highest BCUT2D eigenvalue weighted by Crippen LogP contribution is 2.40. The number of carbonyl (C=O) groups is 1. The molecule has 1 unspecified atom stereocenters. The second kappa shape index (κ2) is 5.97. The molecule has 1 fully saturated rings. The third kappa shape index (κ3) is 2.69. The number of aliphatic hydroxyl groups is 1. The van der Waals surface area contributed by atoms with Crippen molar-refractivity contribution in [3.63, 3.8) is 0 Å². The lowest BCUT2D eigenvalue weighted by Gasteiger charge is -2.36. The highest BCUT2D eigenvalue weighted by molar-refractivity contribution is 9.10. The molecule has 1 atom stereocenters. The van der Waals surface area contributed by atoms with Crippen LogP contribution in [0.1, 0.15) is 50.7 Å². The third-order valence-electron chi connectivity index (χ3n) is 4.59. The number of nitrogens with one attached hydrogen (secondary N) is 1. The summed E-state index contributed by atoms with van der Waals surface area (Å²) in [6.07, 6.45) is 5.33. The maximum Gasteiger partial charge on any atom is 0.257 e. The predicted molar refractivity (Wildman–Crippen MR) is 87.6 cm³/mol. The van der Waals surface area contributed by atoms with E-state index in [1.54, 1.807) is 0 Å².